The van der Waals surface area contributed by atoms with E-state index in [1.165, 1.54) is 32.1 Å². The summed E-state index contributed by atoms with van der Waals surface area (Å²) in [6, 6.07) is 0. The molecule has 0 bridgehead atoms. The molecule has 0 aromatic carbocycles. The molecule has 4 heteroatoms. The second kappa shape index (κ2) is 4.53. The van der Waals surface area contributed by atoms with Crippen LogP contribution in [-0.2, 0) is 13.1 Å². The molecule has 4 nitrogen and oxygen atoms in total. The molecule has 2 fully saturated rings. The molecule has 0 aliphatic heterocycles. The lowest BCUT2D eigenvalue weighted by atomic mass is 9.85. The highest BCUT2D eigenvalue weighted by atomic mass is 15.4. The van der Waals surface area contributed by atoms with Gasteiger partial charge in [0.05, 0.1) is 5.69 Å². The van der Waals surface area contributed by atoms with Gasteiger partial charge in [-0.25, -0.2) is 0 Å². The molecule has 1 aromatic heterocycles. The van der Waals surface area contributed by atoms with E-state index >= 15 is 0 Å². The summed E-state index contributed by atoms with van der Waals surface area (Å²) in [5, 5.41) is 11.8. The molecule has 0 atom stereocenters. The summed E-state index contributed by atoms with van der Waals surface area (Å²) in [5.41, 5.74) is 1.08. The number of rotatable bonds is 6. The number of aromatic nitrogens is 3. The summed E-state index contributed by atoms with van der Waals surface area (Å²) in [6.07, 6.45) is 9.04. The highest BCUT2D eigenvalue weighted by molar-refractivity contribution is 4.92. The Hall–Kier alpha value is -0.900. The van der Waals surface area contributed by atoms with Gasteiger partial charge >= 0.3 is 0 Å². The minimum atomic E-state index is 0.856. The van der Waals surface area contributed by atoms with Crippen molar-refractivity contribution in [3.05, 3.63) is 11.9 Å². The normalized spacial score (nSPS) is 21.0. The van der Waals surface area contributed by atoms with Crippen LogP contribution >= 0.6 is 0 Å². The first kappa shape index (κ1) is 10.3. The smallest absolute Gasteiger partial charge is 0.0964 e. The summed E-state index contributed by atoms with van der Waals surface area (Å²) in [4.78, 5) is 0. The molecule has 16 heavy (non-hydrogen) atoms. The van der Waals surface area contributed by atoms with E-state index in [1.807, 2.05) is 4.68 Å². The molecular formula is C12H20N4. The largest absolute Gasteiger partial charge is 0.311 e. The van der Waals surface area contributed by atoms with E-state index in [4.69, 9.17) is 0 Å². The van der Waals surface area contributed by atoms with Crippen molar-refractivity contribution in [2.45, 2.75) is 45.2 Å². The molecule has 1 N–H and O–H groups in total. The van der Waals surface area contributed by atoms with Crippen LogP contribution in [0.15, 0.2) is 6.20 Å². The van der Waals surface area contributed by atoms with Crippen molar-refractivity contribution in [1.29, 1.82) is 0 Å². The van der Waals surface area contributed by atoms with Gasteiger partial charge in [-0.15, -0.1) is 5.10 Å². The average Bonchev–Trinajstić information content (AvgIpc) is 2.92. The number of nitrogens with zero attached hydrogens (tertiary/aromatic N) is 3. The monoisotopic (exact) mass is 220 g/mol. The van der Waals surface area contributed by atoms with Crippen molar-refractivity contribution in [1.82, 2.24) is 20.3 Å². The van der Waals surface area contributed by atoms with Gasteiger partial charge in [0, 0.05) is 19.3 Å². The molecule has 2 saturated carbocycles. The molecule has 3 rings (SSSR count). The summed E-state index contributed by atoms with van der Waals surface area (Å²) in [7, 11) is 0. The van der Waals surface area contributed by atoms with Crippen LogP contribution in [0.5, 0.6) is 0 Å². The fourth-order valence-corrected chi connectivity index (χ4v) is 2.18. The van der Waals surface area contributed by atoms with Crippen LogP contribution in [0.4, 0.5) is 0 Å². The minimum absolute atomic E-state index is 0.856. The predicted molar refractivity (Wildman–Crippen MR) is 61.8 cm³/mol. The second-order valence-corrected chi connectivity index (χ2v) is 5.30. The third-order valence-electron chi connectivity index (χ3n) is 3.69. The molecule has 0 radical (unpaired) electrons. The molecular weight excluding hydrogens is 200 g/mol. The summed E-state index contributed by atoms with van der Waals surface area (Å²) in [6.45, 7) is 3.09. The molecule has 1 heterocycles. The molecule has 1 aromatic rings. The van der Waals surface area contributed by atoms with Gasteiger partial charge in [-0.3, -0.25) is 4.68 Å². The van der Waals surface area contributed by atoms with Crippen LogP contribution in [0.25, 0.3) is 0 Å². The Morgan fingerprint density at radius 1 is 1.25 bits per heavy atom. The highest BCUT2D eigenvalue weighted by Crippen LogP contribution is 2.28. The van der Waals surface area contributed by atoms with Crippen LogP contribution < -0.4 is 5.32 Å². The van der Waals surface area contributed by atoms with Crippen molar-refractivity contribution in [2.75, 3.05) is 6.54 Å². The average molecular weight is 220 g/mol. The standard InChI is InChI=1S/C12H20N4/c1-2-11(3-1)8-16-9-12(14-15-16)7-13-6-10-4-5-10/h9-11,13H,1-8H2. The van der Waals surface area contributed by atoms with E-state index in [2.05, 4.69) is 21.8 Å². The Balaban J connectivity index is 1.43. The SMILES string of the molecule is c1c(CNCC2CC2)nnn1CC1CCC1. The zero-order valence-corrected chi connectivity index (χ0v) is 9.73. The Labute approximate surface area is 96.4 Å². The summed E-state index contributed by atoms with van der Waals surface area (Å²) in [5.74, 6) is 1.79. The number of hydrogen-bond donors (Lipinski definition) is 1. The van der Waals surface area contributed by atoms with Gasteiger partial charge in [0.1, 0.15) is 0 Å². The first-order valence-corrected chi connectivity index (χ1v) is 6.50. The molecule has 0 amide bonds. The van der Waals surface area contributed by atoms with E-state index in [0.717, 1.165) is 37.2 Å². The summed E-state index contributed by atoms with van der Waals surface area (Å²) < 4.78 is 2.01. The Morgan fingerprint density at radius 3 is 2.81 bits per heavy atom. The van der Waals surface area contributed by atoms with Crippen molar-refractivity contribution in [2.24, 2.45) is 11.8 Å². The topological polar surface area (TPSA) is 42.7 Å². The van der Waals surface area contributed by atoms with Crippen molar-refractivity contribution < 1.29 is 0 Å². The van der Waals surface area contributed by atoms with Gasteiger partial charge in [-0.05, 0) is 44.1 Å². The zero-order chi connectivity index (χ0) is 10.8. The fourth-order valence-electron chi connectivity index (χ4n) is 2.18. The van der Waals surface area contributed by atoms with Crippen LogP contribution in [0, 0.1) is 11.8 Å². The van der Waals surface area contributed by atoms with Crippen molar-refractivity contribution >= 4 is 0 Å². The van der Waals surface area contributed by atoms with Crippen molar-refractivity contribution in [3.63, 3.8) is 0 Å². The van der Waals surface area contributed by atoms with Crippen LogP contribution in [0.1, 0.15) is 37.8 Å². The van der Waals surface area contributed by atoms with Crippen LogP contribution in [0.2, 0.25) is 0 Å². The van der Waals surface area contributed by atoms with Crippen LogP contribution in [-0.4, -0.2) is 21.5 Å². The van der Waals surface area contributed by atoms with Gasteiger partial charge in [-0.1, -0.05) is 11.6 Å². The molecule has 0 saturated heterocycles. The fraction of sp³-hybridized carbons (Fsp3) is 0.833. The maximum Gasteiger partial charge on any atom is 0.0964 e. The van der Waals surface area contributed by atoms with Gasteiger partial charge in [0.25, 0.3) is 0 Å². The first-order valence-electron chi connectivity index (χ1n) is 6.50. The molecule has 88 valence electrons. The molecule has 0 spiro atoms. The number of nitrogens with one attached hydrogen (secondary N) is 1. The van der Waals surface area contributed by atoms with Gasteiger partial charge in [0.15, 0.2) is 0 Å². The van der Waals surface area contributed by atoms with E-state index in [0.29, 0.717) is 0 Å². The number of hydrogen-bond acceptors (Lipinski definition) is 3. The molecule has 2 aliphatic rings. The lowest BCUT2D eigenvalue weighted by Crippen LogP contribution is -2.18. The third-order valence-corrected chi connectivity index (χ3v) is 3.69. The highest BCUT2D eigenvalue weighted by Gasteiger charge is 2.20. The quantitative estimate of drug-likeness (QED) is 0.791. The van der Waals surface area contributed by atoms with E-state index in [1.54, 1.807) is 0 Å². The van der Waals surface area contributed by atoms with Gasteiger partial charge < -0.3 is 5.32 Å². The van der Waals surface area contributed by atoms with E-state index in [9.17, 15) is 0 Å². The maximum absolute atomic E-state index is 4.20. The minimum Gasteiger partial charge on any atom is -0.311 e. The Bertz CT molecular complexity index is 339. The Morgan fingerprint density at radius 2 is 2.12 bits per heavy atom. The first-order chi connectivity index (χ1) is 7.90. The maximum atomic E-state index is 4.20. The van der Waals surface area contributed by atoms with E-state index < -0.39 is 0 Å². The van der Waals surface area contributed by atoms with Crippen LogP contribution in [0.3, 0.4) is 0 Å². The van der Waals surface area contributed by atoms with Crippen molar-refractivity contribution in [3.8, 4) is 0 Å². The predicted octanol–water partition coefficient (Wildman–Crippen LogP) is 1.58. The Kier molecular flexibility index (Phi) is 2.91. The third kappa shape index (κ3) is 2.61. The lowest BCUT2D eigenvalue weighted by molar-refractivity contribution is 0.264. The second-order valence-electron chi connectivity index (χ2n) is 5.30. The lowest BCUT2D eigenvalue weighted by Gasteiger charge is -2.24. The summed E-state index contributed by atoms with van der Waals surface area (Å²) >= 11 is 0. The zero-order valence-electron chi connectivity index (χ0n) is 9.73. The molecule has 2 aliphatic carbocycles. The molecule has 0 unspecified atom stereocenters. The van der Waals surface area contributed by atoms with E-state index in [-0.39, 0.29) is 0 Å². The van der Waals surface area contributed by atoms with Gasteiger partial charge in [-0.2, -0.15) is 0 Å². The van der Waals surface area contributed by atoms with Gasteiger partial charge in [0.2, 0.25) is 0 Å².